The Morgan fingerprint density at radius 2 is 0.765 bits per heavy atom. The van der Waals surface area contributed by atoms with Crippen LogP contribution in [-0.2, 0) is 0 Å². The molecule has 0 radical (unpaired) electrons. The maximum absolute atomic E-state index is 2.41. The van der Waals surface area contributed by atoms with Gasteiger partial charge in [-0.05, 0) is 90.0 Å². The van der Waals surface area contributed by atoms with Gasteiger partial charge in [0.25, 0.3) is 0 Å². The summed E-state index contributed by atoms with van der Waals surface area (Å²) in [6.07, 6.45) is 0. The Hall–Kier alpha value is -6.84. The summed E-state index contributed by atoms with van der Waals surface area (Å²) >= 11 is 0. The second-order valence-corrected chi connectivity index (χ2v) is 12.6. The van der Waals surface area contributed by atoms with Gasteiger partial charge < -0.3 is 14.4 Å². The number of fused-ring (bicyclic) bond motifs is 3. The Morgan fingerprint density at radius 3 is 1.35 bits per heavy atom. The van der Waals surface area contributed by atoms with E-state index >= 15 is 0 Å². The van der Waals surface area contributed by atoms with E-state index in [1.54, 1.807) is 0 Å². The van der Waals surface area contributed by atoms with Crippen molar-refractivity contribution >= 4 is 55.9 Å². The summed E-state index contributed by atoms with van der Waals surface area (Å²) < 4.78 is 2.41. The molecule has 0 fully saturated rings. The monoisotopic (exact) mass is 653 g/mol. The lowest BCUT2D eigenvalue weighted by atomic mass is 10.0. The maximum atomic E-state index is 2.41. The van der Waals surface area contributed by atoms with Gasteiger partial charge in [0.15, 0.2) is 0 Å². The number of hydrogen-bond donors (Lipinski definition) is 0. The van der Waals surface area contributed by atoms with Crippen molar-refractivity contribution in [3.05, 3.63) is 212 Å². The minimum Gasteiger partial charge on any atom is -0.310 e. The highest BCUT2D eigenvalue weighted by atomic mass is 15.2. The second-order valence-electron chi connectivity index (χ2n) is 12.6. The number of nitrogens with zero attached hydrogens (tertiary/aromatic N) is 3. The zero-order valence-electron chi connectivity index (χ0n) is 28.0. The highest BCUT2D eigenvalue weighted by Crippen LogP contribution is 2.48. The fourth-order valence-corrected chi connectivity index (χ4v) is 7.26. The Balaban J connectivity index is 1.38. The summed E-state index contributed by atoms with van der Waals surface area (Å²) in [6, 6.07) is 75.8. The van der Waals surface area contributed by atoms with Crippen LogP contribution < -0.4 is 9.80 Å². The van der Waals surface area contributed by atoms with Crippen molar-refractivity contribution in [3.8, 4) is 16.8 Å². The molecule has 0 aliphatic carbocycles. The zero-order valence-corrected chi connectivity index (χ0v) is 28.0. The van der Waals surface area contributed by atoms with E-state index in [2.05, 4.69) is 227 Å². The highest BCUT2D eigenvalue weighted by molar-refractivity contribution is 6.18. The lowest BCUT2D eigenvalue weighted by Gasteiger charge is -2.30. The third kappa shape index (κ3) is 5.61. The van der Waals surface area contributed by atoms with Gasteiger partial charge in [-0.25, -0.2) is 0 Å². The van der Waals surface area contributed by atoms with Crippen molar-refractivity contribution in [2.45, 2.75) is 0 Å². The number of anilines is 6. The Bertz CT molecular complexity index is 2510. The van der Waals surface area contributed by atoms with E-state index in [1.165, 1.54) is 21.9 Å². The van der Waals surface area contributed by atoms with Crippen molar-refractivity contribution in [2.75, 3.05) is 9.80 Å². The molecule has 242 valence electrons. The Labute approximate surface area is 298 Å². The molecule has 51 heavy (non-hydrogen) atoms. The lowest BCUT2D eigenvalue weighted by Crippen LogP contribution is -2.14. The predicted octanol–water partition coefficient (Wildman–Crippen LogP) is 13.4. The third-order valence-electron chi connectivity index (χ3n) is 9.53. The Morgan fingerprint density at radius 1 is 0.314 bits per heavy atom. The number of benzene rings is 8. The van der Waals surface area contributed by atoms with Crippen LogP contribution in [-0.4, -0.2) is 4.57 Å². The quantitative estimate of drug-likeness (QED) is 0.162. The first-order valence-electron chi connectivity index (χ1n) is 17.4. The first-order valence-corrected chi connectivity index (χ1v) is 17.4. The predicted molar refractivity (Wildman–Crippen MR) is 216 cm³/mol. The van der Waals surface area contributed by atoms with Crippen molar-refractivity contribution < 1.29 is 0 Å². The normalized spacial score (nSPS) is 11.1. The molecule has 0 spiro atoms. The van der Waals surface area contributed by atoms with Crippen LogP contribution in [0.2, 0.25) is 0 Å². The minimum atomic E-state index is 1.07. The summed E-state index contributed by atoms with van der Waals surface area (Å²) in [4.78, 5) is 4.77. The van der Waals surface area contributed by atoms with E-state index in [-0.39, 0.29) is 0 Å². The number of hydrogen-bond acceptors (Lipinski definition) is 2. The molecule has 0 aliphatic heterocycles. The van der Waals surface area contributed by atoms with E-state index in [9.17, 15) is 0 Å². The Kier molecular flexibility index (Phi) is 7.84. The van der Waals surface area contributed by atoms with E-state index < -0.39 is 0 Å². The van der Waals surface area contributed by atoms with Crippen LogP contribution in [0.1, 0.15) is 0 Å². The van der Waals surface area contributed by atoms with E-state index in [0.717, 1.165) is 50.8 Å². The molecule has 0 atom stereocenters. The summed E-state index contributed by atoms with van der Waals surface area (Å²) in [6.45, 7) is 0. The third-order valence-corrected chi connectivity index (χ3v) is 9.53. The van der Waals surface area contributed by atoms with Gasteiger partial charge in [0.2, 0.25) is 0 Å². The number of rotatable bonds is 8. The zero-order chi connectivity index (χ0) is 34.0. The average molecular weight is 654 g/mol. The number of aromatic nitrogens is 1. The molecule has 8 aromatic carbocycles. The van der Waals surface area contributed by atoms with Gasteiger partial charge in [0, 0.05) is 39.2 Å². The largest absolute Gasteiger partial charge is 0.310 e. The average Bonchev–Trinajstić information content (AvgIpc) is 3.55. The van der Waals surface area contributed by atoms with Crippen LogP contribution in [0.4, 0.5) is 34.1 Å². The van der Waals surface area contributed by atoms with Crippen molar-refractivity contribution in [1.82, 2.24) is 4.57 Å². The molecule has 3 nitrogen and oxygen atoms in total. The van der Waals surface area contributed by atoms with Crippen molar-refractivity contribution in [3.63, 3.8) is 0 Å². The maximum Gasteiger partial charge on any atom is 0.0583 e. The standard InChI is InChI=1S/C48H35N3/c1-6-18-36(19-7-1)37-30-32-42(33-31-37)50(40-24-12-4-13-25-40)46-34-43(49(38-20-8-2-9-21-38)39-22-10-3-11-23-39)35-47-48(46)44-28-16-17-29-45(44)51(47)41-26-14-5-15-27-41/h1-35H. The second kappa shape index (κ2) is 13.2. The fraction of sp³-hybridized carbons (Fsp3) is 0. The summed E-state index contributed by atoms with van der Waals surface area (Å²) in [5, 5.41) is 2.39. The molecule has 9 aromatic rings. The smallest absolute Gasteiger partial charge is 0.0583 e. The lowest BCUT2D eigenvalue weighted by molar-refractivity contribution is 1.17. The molecule has 1 heterocycles. The van der Waals surface area contributed by atoms with Crippen LogP contribution in [0, 0.1) is 0 Å². The summed E-state index contributed by atoms with van der Waals surface area (Å²) in [5.41, 5.74) is 12.3. The van der Waals surface area contributed by atoms with Gasteiger partial charge in [0.05, 0.1) is 22.4 Å². The van der Waals surface area contributed by atoms with E-state index in [4.69, 9.17) is 0 Å². The van der Waals surface area contributed by atoms with Gasteiger partial charge in [-0.2, -0.15) is 0 Å². The SMILES string of the molecule is c1ccc(-c2ccc(N(c3ccccc3)c3cc(N(c4ccccc4)c4ccccc4)cc4c3c3ccccc3n4-c3ccccc3)cc2)cc1. The van der Waals surface area contributed by atoms with Crippen LogP contribution in [0.5, 0.6) is 0 Å². The molecule has 9 rings (SSSR count). The van der Waals surface area contributed by atoms with Crippen LogP contribution in [0.3, 0.4) is 0 Å². The fourth-order valence-electron chi connectivity index (χ4n) is 7.26. The van der Waals surface area contributed by atoms with Crippen LogP contribution in [0.15, 0.2) is 212 Å². The molecule has 0 amide bonds. The highest BCUT2D eigenvalue weighted by Gasteiger charge is 2.24. The molecule has 0 N–H and O–H groups in total. The van der Waals surface area contributed by atoms with E-state index in [1.807, 2.05) is 0 Å². The van der Waals surface area contributed by atoms with Crippen LogP contribution >= 0.6 is 0 Å². The van der Waals surface area contributed by atoms with Gasteiger partial charge in [0.1, 0.15) is 0 Å². The van der Waals surface area contributed by atoms with Crippen molar-refractivity contribution in [2.24, 2.45) is 0 Å². The molecule has 0 unspecified atom stereocenters. The van der Waals surface area contributed by atoms with Gasteiger partial charge >= 0.3 is 0 Å². The van der Waals surface area contributed by atoms with Gasteiger partial charge in [-0.15, -0.1) is 0 Å². The molecule has 3 heteroatoms. The number of para-hydroxylation sites is 5. The summed E-state index contributed by atoms with van der Waals surface area (Å²) in [7, 11) is 0. The molecule has 0 bridgehead atoms. The topological polar surface area (TPSA) is 11.4 Å². The van der Waals surface area contributed by atoms with Crippen LogP contribution in [0.25, 0.3) is 38.6 Å². The molecule has 0 saturated carbocycles. The molecule has 0 saturated heterocycles. The minimum absolute atomic E-state index is 1.07. The molecule has 0 aliphatic rings. The van der Waals surface area contributed by atoms with Gasteiger partial charge in [-0.1, -0.05) is 133 Å². The molecule has 1 aromatic heterocycles. The first kappa shape index (κ1) is 30.2. The van der Waals surface area contributed by atoms with E-state index in [0.29, 0.717) is 0 Å². The summed E-state index contributed by atoms with van der Waals surface area (Å²) in [5.74, 6) is 0. The molecular formula is C48H35N3. The van der Waals surface area contributed by atoms with Crippen molar-refractivity contribution in [1.29, 1.82) is 0 Å². The first-order chi connectivity index (χ1) is 25.3. The molecular weight excluding hydrogens is 619 g/mol. The van der Waals surface area contributed by atoms with Gasteiger partial charge in [-0.3, -0.25) is 0 Å².